The Bertz CT molecular complexity index is 1250. The number of rotatable bonds is 5. The second kappa shape index (κ2) is 7.63. The molecule has 2 aromatic carbocycles. The predicted octanol–water partition coefficient (Wildman–Crippen LogP) is 4.10. The number of nitrogens with zero attached hydrogens (tertiary/aromatic N) is 2. The number of aromatic nitrogens is 3. The zero-order valence-electron chi connectivity index (χ0n) is 16.1. The normalized spacial score (nSPS) is 11.0. The highest BCUT2D eigenvalue weighted by Crippen LogP contribution is 2.30. The van der Waals surface area contributed by atoms with Gasteiger partial charge in [0.2, 0.25) is 0 Å². The minimum atomic E-state index is -0.290. The molecule has 2 heterocycles. The van der Waals surface area contributed by atoms with E-state index < -0.39 is 0 Å². The molecular weight excluding hydrogens is 393 g/mol. The monoisotopic (exact) mass is 411 g/mol. The molecule has 29 heavy (non-hydrogen) atoms. The summed E-state index contributed by atoms with van der Waals surface area (Å²) in [6, 6.07) is 8.11. The van der Waals surface area contributed by atoms with Gasteiger partial charge >= 0.3 is 0 Å². The number of aryl methyl sites for hydroxylation is 1. The highest BCUT2D eigenvalue weighted by atomic mass is 32.1. The van der Waals surface area contributed by atoms with Gasteiger partial charge in [-0.25, -0.2) is 14.4 Å². The minimum absolute atomic E-state index is 0.262. The number of thiazole rings is 1. The van der Waals surface area contributed by atoms with Crippen molar-refractivity contribution in [3.05, 3.63) is 69.0 Å². The fourth-order valence-electron chi connectivity index (χ4n) is 3.15. The lowest BCUT2D eigenvalue weighted by Gasteiger charge is -2.09. The van der Waals surface area contributed by atoms with Crippen LogP contribution >= 0.6 is 11.3 Å². The van der Waals surface area contributed by atoms with Crippen molar-refractivity contribution in [2.45, 2.75) is 13.3 Å². The smallest absolute Gasteiger partial charge is 0.258 e. The van der Waals surface area contributed by atoms with E-state index in [-0.39, 0.29) is 11.4 Å². The number of hydrogen-bond acceptors (Lipinski definition) is 6. The number of H-pyrrole nitrogens is 1. The Morgan fingerprint density at radius 2 is 1.83 bits per heavy atom. The summed E-state index contributed by atoms with van der Waals surface area (Å²) in [4.78, 5) is 24.4. The largest absolute Gasteiger partial charge is 0.493 e. The molecule has 0 saturated heterocycles. The second-order valence-electron chi connectivity index (χ2n) is 6.57. The zero-order chi connectivity index (χ0) is 20.5. The summed E-state index contributed by atoms with van der Waals surface area (Å²) in [7, 11) is 3.04. The summed E-state index contributed by atoms with van der Waals surface area (Å²) < 4.78 is 24.2. The lowest BCUT2D eigenvalue weighted by Crippen LogP contribution is -2.12. The van der Waals surface area contributed by atoms with Crippen LogP contribution < -0.4 is 15.0 Å². The molecule has 1 N–H and O–H groups in total. The Balaban J connectivity index is 1.68. The fourth-order valence-corrected chi connectivity index (χ4v) is 3.96. The molecule has 0 bridgehead atoms. The van der Waals surface area contributed by atoms with E-state index in [4.69, 9.17) is 9.47 Å². The van der Waals surface area contributed by atoms with E-state index >= 15 is 0 Å². The number of fused-ring (bicyclic) bond motifs is 1. The van der Waals surface area contributed by atoms with Gasteiger partial charge in [0.15, 0.2) is 11.5 Å². The molecule has 0 radical (unpaired) electrons. The van der Waals surface area contributed by atoms with Crippen molar-refractivity contribution in [2.75, 3.05) is 14.2 Å². The van der Waals surface area contributed by atoms with Crippen LogP contribution in [0.15, 0.2) is 40.5 Å². The molecule has 0 aliphatic rings. The number of halogens is 1. The van der Waals surface area contributed by atoms with Crippen molar-refractivity contribution < 1.29 is 13.9 Å². The van der Waals surface area contributed by atoms with Crippen LogP contribution in [-0.2, 0) is 6.42 Å². The number of aromatic amines is 1. The van der Waals surface area contributed by atoms with Crippen molar-refractivity contribution in [1.29, 1.82) is 0 Å². The van der Waals surface area contributed by atoms with Crippen LogP contribution in [0.3, 0.4) is 0 Å². The third-order valence-electron chi connectivity index (χ3n) is 4.45. The first-order valence-electron chi connectivity index (χ1n) is 8.83. The SMILES string of the molecule is COc1cc2nc(Cc3csc(-c4cc(C)cc(F)c4)n3)[nH]c(=O)c2cc1OC. The van der Waals surface area contributed by atoms with Gasteiger partial charge in [-0.1, -0.05) is 0 Å². The van der Waals surface area contributed by atoms with E-state index in [0.29, 0.717) is 34.6 Å². The molecule has 2 aromatic heterocycles. The van der Waals surface area contributed by atoms with Gasteiger partial charge in [0.05, 0.1) is 30.8 Å². The molecule has 0 amide bonds. The first-order valence-corrected chi connectivity index (χ1v) is 9.71. The standard InChI is InChI=1S/C21H18FN3O3S/c1-11-4-12(6-13(22)5-11)21-23-14(10-29-21)7-19-24-16-9-18(28-3)17(27-2)8-15(16)20(26)25-19/h4-6,8-10H,7H2,1-3H3,(H,24,25,26). The number of methoxy groups -OCH3 is 2. The molecule has 0 saturated carbocycles. The Kier molecular flexibility index (Phi) is 5.02. The minimum Gasteiger partial charge on any atom is -0.493 e. The third-order valence-corrected chi connectivity index (χ3v) is 5.39. The van der Waals surface area contributed by atoms with Crippen LogP contribution in [0.5, 0.6) is 11.5 Å². The van der Waals surface area contributed by atoms with Crippen molar-refractivity contribution in [2.24, 2.45) is 0 Å². The average molecular weight is 411 g/mol. The highest BCUT2D eigenvalue weighted by molar-refractivity contribution is 7.13. The molecule has 8 heteroatoms. The van der Waals surface area contributed by atoms with E-state index in [0.717, 1.165) is 21.8 Å². The molecule has 0 aliphatic heterocycles. The number of hydrogen-bond donors (Lipinski definition) is 1. The van der Waals surface area contributed by atoms with Gasteiger partial charge < -0.3 is 14.5 Å². The van der Waals surface area contributed by atoms with Gasteiger partial charge in [0, 0.05) is 23.4 Å². The van der Waals surface area contributed by atoms with Crippen LogP contribution in [0.4, 0.5) is 4.39 Å². The highest BCUT2D eigenvalue weighted by Gasteiger charge is 2.13. The first-order chi connectivity index (χ1) is 14.0. The van der Waals surface area contributed by atoms with E-state index in [9.17, 15) is 9.18 Å². The van der Waals surface area contributed by atoms with Crippen molar-refractivity contribution in [3.63, 3.8) is 0 Å². The Hall–Kier alpha value is -3.26. The van der Waals surface area contributed by atoms with E-state index in [2.05, 4.69) is 15.0 Å². The molecule has 0 atom stereocenters. The summed E-state index contributed by atoms with van der Waals surface area (Å²) in [5.41, 5.74) is 2.56. The van der Waals surface area contributed by atoms with Gasteiger partial charge in [0.25, 0.3) is 5.56 Å². The maximum Gasteiger partial charge on any atom is 0.258 e. The van der Waals surface area contributed by atoms with Crippen molar-refractivity contribution in [1.82, 2.24) is 15.0 Å². The van der Waals surface area contributed by atoms with Crippen LogP contribution in [0, 0.1) is 12.7 Å². The van der Waals surface area contributed by atoms with E-state index in [1.807, 2.05) is 18.4 Å². The quantitative estimate of drug-likeness (QED) is 0.535. The van der Waals surface area contributed by atoms with Crippen molar-refractivity contribution >= 4 is 22.2 Å². The van der Waals surface area contributed by atoms with Crippen molar-refractivity contribution in [3.8, 4) is 22.1 Å². The van der Waals surface area contributed by atoms with Gasteiger partial charge in [-0.15, -0.1) is 11.3 Å². The summed E-state index contributed by atoms with van der Waals surface area (Å²) in [5.74, 6) is 1.17. The van der Waals surface area contributed by atoms with E-state index in [1.165, 1.54) is 37.7 Å². The zero-order valence-corrected chi connectivity index (χ0v) is 16.9. The summed E-state index contributed by atoms with van der Waals surface area (Å²) in [6.45, 7) is 1.84. The molecular formula is C21H18FN3O3S. The Morgan fingerprint density at radius 3 is 2.55 bits per heavy atom. The molecule has 4 rings (SSSR count). The lowest BCUT2D eigenvalue weighted by molar-refractivity contribution is 0.355. The number of ether oxygens (including phenoxy) is 2. The Morgan fingerprint density at radius 1 is 1.07 bits per heavy atom. The van der Waals surface area contributed by atoms with Gasteiger partial charge in [-0.3, -0.25) is 4.79 Å². The van der Waals surface area contributed by atoms with Crippen LogP contribution in [0.2, 0.25) is 0 Å². The van der Waals surface area contributed by atoms with Crippen LogP contribution in [0.25, 0.3) is 21.5 Å². The molecule has 0 spiro atoms. The maximum atomic E-state index is 13.7. The molecule has 0 unspecified atom stereocenters. The van der Waals surface area contributed by atoms with Crippen LogP contribution in [-0.4, -0.2) is 29.2 Å². The lowest BCUT2D eigenvalue weighted by atomic mass is 10.1. The maximum absolute atomic E-state index is 13.7. The summed E-state index contributed by atoms with van der Waals surface area (Å²) >= 11 is 1.42. The topological polar surface area (TPSA) is 77.1 Å². The van der Waals surface area contributed by atoms with Gasteiger partial charge in [-0.2, -0.15) is 0 Å². The molecule has 0 aliphatic carbocycles. The summed E-state index contributed by atoms with van der Waals surface area (Å²) in [5, 5.41) is 3.02. The first kappa shape index (κ1) is 19.1. The predicted molar refractivity (Wildman–Crippen MR) is 111 cm³/mol. The van der Waals surface area contributed by atoms with Gasteiger partial charge in [0.1, 0.15) is 16.6 Å². The van der Waals surface area contributed by atoms with E-state index in [1.54, 1.807) is 12.1 Å². The number of benzene rings is 2. The molecule has 4 aromatic rings. The molecule has 6 nitrogen and oxygen atoms in total. The van der Waals surface area contributed by atoms with Gasteiger partial charge in [-0.05, 0) is 36.8 Å². The summed E-state index contributed by atoms with van der Waals surface area (Å²) in [6.07, 6.45) is 0.352. The molecule has 148 valence electrons. The third kappa shape index (κ3) is 3.84. The van der Waals surface area contributed by atoms with Crippen LogP contribution in [0.1, 0.15) is 17.1 Å². The second-order valence-corrected chi connectivity index (χ2v) is 7.43. The Labute approximate surface area is 170 Å². The fraction of sp³-hybridized carbons (Fsp3) is 0.190. The average Bonchev–Trinajstić information content (AvgIpc) is 3.15. The molecule has 0 fully saturated rings. The number of nitrogens with one attached hydrogen (secondary N) is 1.